The van der Waals surface area contributed by atoms with Crippen LogP contribution in [0.4, 0.5) is 10.2 Å². The molecule has 4 heterocycles. The Labute approximate surface area is 254 Å². The first-order chi connectivity index (χ1) is 20.5. The molecule has 0 spiro atoms. The van der Waals surface area contributed by atoms with Gasteiger partial charge in [0.05, 0.1) is 33.2 Å². The number of hydrogen-bond donors (Lipinski definition) is 0. The van der Waals surface area contributed by atoms with Crippen molar-refractivity contribution in [2.75, 3.05) is 18.0 Å². The molecular formula is C32H31ClFN7O2. The van der Waals surface area contributed by atoms with Crippen LogP contribution in [0.1, 0.15) is 50.8 Å². The fourth-order valence-electron chi connectivity index (χ4n) is 5.55. The number of nitrogens with zero attached hydrogens (tertiary/aromatic N) is 7. The van der Waals surface area contributed by atoms with Crippen molar-refractivity contribution in [2.45, 2.75) is 52.6 Å². The van der Waals surface area contributed by atoms with E-state index in [0.717, 1.165) is 0 Å². The number of rotatable bonds is 5. The quantitative estimate of drug-likeness (QED) is 0.234. The van der Waals surface area contributed by atoms with E-state index in [1.54, 1.807) is 36.1 Å². The van der Waals surface area contributed by atoms with Gasteiger partial charge in [-0.05, 0) is 56.9 Å². The highest BCUT2D eigenvalue weighted by molar-refractivity contribution is 6.33. The molecule has 5 rings (SSSR count). The number of hydrogen-bond acceptors (Lipinski definition) is 7. The maximum Gasteiger partial charge on any atom is 0.355 e. The van der Waals surface area contributed by atoms with E-state index in [1.807, 2.05) is 32.6 Å². The summed E-state index contributed by atoms with van der Waals surface area (Å²) >= 11 is 6.79. The Balaban J connectivity index is 1.85. The normalized spacial score (nSPS) is 16.9. The van der Waals surface area contributed by atoms with Gasteiger partial charge >= 0.3 is 5.69 Å². The van der Waals surface area contributed by atoms with Crippen molar-refractivity contribution in [3.05, 3.63) is 81.5 Å². The third-order valence-electron chi connectivity index (χ3n) is 7.63. The third-order valence-corrected chi connectivity index (χ3v) is 7.92. The van der Waals surface area contributed by atoms with Crippen molar-refractivity contribution in [3.63, 3.8) is 0 Å². The monoisotopic (exact) mass is 599 g/mol. The zero-order valence-electron chi connectivity index (χ0n) is 24.6. The van der Waals surface area contributed by atoms with Gasteiger partial charge in [-0.15, -0.1) is 6.42 Å². The minimum atomic E-state index is -0.622. The van der Waals surface area contributed by atoms with E-state index in [9.17, 15) is 9.59 Å². The molecule has 0 radical (unpaired) electrons. The molecule has 1 amide bonds. The molecule has 1 fully saturated rings. The van der Waals surface area contributed by atoms with E-state index in [-0.39, 0.29) is 51.7 Å². The number of carbonyl (C=O) groups is 1. The summed E-state index contributed by atoms with van der Waals surface area (Å²) < 4.78 is 16.4. The van der Waals surface area contributed by atoms with E-state index in [4.69, 9.17) is 23.0 Å². The fraction of sp³-hybridized carbons (Fsp3) is 0.312. The van der Waals surface area contributed by atoms with Crippen LogP contribution in [-0.4, -0.2) is 60.5 Å². The number of pyridine rings is 1. The molecule has 2 atom stereocenters. The predicted octanol–water partition coefficient (Wildman–Crippen LogP) is 5.05. The second kappa shape index (κ2) is 11.6. The molecule has 1 aliphatic rings. The summed E-state index contributed by atoms with van der Waals surface area (Å²) in [5, 5.41) is 0.661. The molecule has 3 aromatic heterocycles. The van der Waals surface area contributed by atoms with Crippen LogP contribution >= 0.6 is 11.6 Å². The highest BCUT2D eigenvalue weighted by Gasteiger charge is 2.34. The van der Waals surface area contributed by atoms with Crippen molar-refractivity contribution < 1.29 is 9.18 Å². The fourth-order valence-corrected chi connectivity index (χ4v) is 5.80. The van der Waals surface area contributed by atoms with Gasteiger partial charge in [0, 0.05) is 30.7 Å². The van der Waals surface area contributed by atoms with Crippen LogP contribution in [0, 0.1) is 25.1 Å². The van der Waals surface area contributed by atoms with E-state index >= 15 is 4.39 Å². The smallest absolute Gasteiger partial charge is 0.349 e. The number of benzene rings is 1. The lowest BCUT2D eigenvalue weighted by atomic mass is 10.1. The number of amides is 1. The van der Waals surface area contributed by atoms with Crippen molar-refractivity contribution >= 4 is 34.4 Å². The summed E-state index contributed by atoms with van der Waals surface area (Å²) in [7, 11) is 0. The van der Waals surface area contributed by atoms with Crippen LogP contribution in [0.25, 0.3) is 28.0 Å². The number of aromatic nitrogens is 5. The van der Waals surface area contributed by atoms with Crippen LogP contribution in [-0.2, 0) is 4.79 Å². The summed E-state index contributed by atoms with van der Waals surface area (Å²) in [5.41, 5.74) is 1.36. The molecule has 0 unspecified atom stereocenters. The number of terminal acetylenes is 1. The largest absolute Gasteiger partial charge is 0.355 e. The molecule has 0 bridgehead atoms. The van der Waals surface area contributed by atoms with Gasteiger partial charge < -0.3 is 9.80 Å². The Bertz CT molecular complexity index is 1880. The average molecular weight is 600 g/mol. The van der Waals surface area contributed by atoms with Crippen LogP contribution < -0.4 is 10.6 Å². The molecule has 220 valence electrons. The van der Waals surface area contributed by atoms with Gasteiger partial charge in [0.15, 0.2) is 5.65 Å². The molecule has 1 aliphatic heterocycles. The lowest BCUT2D eigenvalue weighted by Crippen LogP contribution is -2.58. The predicted molar refractivity (Wildman–Crippen MR) is 166 cm³/mol. The minimum absolute atomic E-state index is 0.139. The first-order valence-electron chi connectivity index (χ1n) is 13.9. The summed E-state index contributed by atoms with van der Waals surface area (Å²) in [6.45, 7) is 13.9. The number of aryl methyl sites for hydroxylation is 1. The minimum Gasteiger partial charge on any atom is -0.349 e. The van der Waals surface area contributed by atoms with Gasteiger partial charge in [-0.2, -0.15) is 4.98 Å². The summed E-state index contributed by atoms with van der Waals surface area (Å²) in [4.78, 5) is 48.7. The van der Waals surface area contributed by atoms with E-state index in [2.05, 4.69) is 27.5 Å². The second-order valence-electron chi connectivity index (χ2n) is 10.9. The Kier molecular flexibility index (Phi) is 8.04. The Morgan fingerprint density at radius 3 is 2.53 bits per heavy atom. The van der Waals surface area contributed by atoms with Crippen molar-refractivity contribution in [3.8, 4) is 29.3 Å². The van der Waals surface area contributed by atoms with E-state index < -0.39 is 11.5 Å². The third kappa shape index (κ3) is 5.25. The zero-order chi connectivity index (χ0) is 31.2. The number of carbonyl (C=O) groups excluding carboxylic acids is 1. The van der Waals surface area contributed by atoms with Gasteiger partial charge in [0.2, 0.25) is 11.7 Å². The summed E-state index contributed by atoms with van der Waals surface area (Å²) in [6, 6.07) is 7.42. The second-order valence-corrected chi connectivity index (χ2v) is 11.3. The average Bonchev–Trinajstić information content (AvgIpc) is 2.97. The first-order valence-corrected chi connectivity index (χ1v) is 14.3. The van der Waals surface area contributed by atoms with Crippen molar-refractivity contribution in [2.24, 2.45) is 0 Å². The molecule has 0 saturated carbocycles. The van der Waals surface area contributed by atoms with Crippen LogP contribution in [0.2, 0.25) is 5.02 Å². The van der Waals surface area contributed by atoms with Crippen molar-refractivity contribution in [1.29, 1.82) is 0 Å². The Morgan fingerprint density at radius 2 is 1.88 bits per heavy atom. The number of fused-ring (bicyclic) bond motifs is 1. The Hall–Kier alpha value is -4.62. The Morgan fingerprint density at radius 1 is 1.16 bits per heavy atom. The first kappa shape index (κ1) is 29.9. The van der Waals surface area contributed by atoms with Crippen LogP contribution in [0.3, 0.4) is 0 Å². The molecule has 9 nitrogen and oxygen atoms in total. The summed E-state index contributed by atoms with van der Waals surface area (Å²) in [6.07, 6.45) is 6.92. The van der Waals surface area contributed by atoms with E-state index in [0.29, 0.717) is 41.4 Å². The lowest BCUT2D eigenvalue weighted by Gasteiger charge is -2.44. The van der Waals surface area contributed by atoms with Gasteiger partial charge in [-0.25, -0.2) is 28.7 Å². The summed E-state index contributed by atoms with van der Waals surface area (Å²) in [5.74, 6) is 2.22. The van der Waals surface area contributed by atoms with Crippen molar-refractivity contribution in [1.82, 2.24) is 29.4 Å². The highest BCUT2D eigenvalue weighted by Crippen LogP contribution is 2.36. The lowest BCUT2D eigenvalue weighted by molar-refractivity contribution is -0.128. The number of anilines is 1. The molecule has 11 heteroatoms. The van der Waals surface area contributed by atoms with Gasteiger partial charge in [0.1, 0.15) is 11.6 Å². The maximum atomic E-state index is 15.0. The maximum absolute atomic E-state index is 15.0. The SMILES string of the molecule is C#Cc1nc(C)c(-n2c(=O)nc(N3C[C@@H](C)N(C(=O)C=C)C[C@@H]3C)c3cc(Cl)c(-c4ccccc4F)nc32)c(C(C)C)n1. The molecule has 0 aliphatic carbocycles. The zero-order valence-corrected chi connectivity index (χ0v) is 25.4. The molecule has 1 saturated heterocycles. The molecule has 1 aromatic carbocycles. The molecule has 4 aromatic rings. The molecular weight excluding hydrogens is 569 g/mol. The molecule has 0 N–H and O–H groups in total. The van der Waals surface area contributed by atoms with E-state index in [1.165, 1.54) is 16.7 Å². The number of halogens is 2. The standard InChI is InChI=1S/C32H31ClFN7O2/c1-8-25-35-20(7)29(27(36-25)17(3)4)41-31-22(14-23(33)28(37-31)21-12-10-11-13-24(21)34)30(38-32(41)43)40-16-18(5)39(15-19(40)6)26(42)9-2/h1,9-14,17-19H,2,15-16H2,3-7H3/t18-,19+/m1/s1. The van der Waals surface area contributed by atoms with Gasteiger partial charge in [-0.1, -0.05) is 44.2 Å². The number of piperazine rings is 1. The van der Waals surface area contributed by atoms with Crippen LogP contribution in [0.5, 0.6) is 0 Å². The van der Waals surface area contributed by atoms with Gasteiger partial charge in [-0.3, -0.25) is 4.79 Å². The highest BCUT2D eigenvalue weighted by atomic mass is 35.5. The topological polar surface area (TPSA) is 97.1 Å². The molecule has 43 heavy (non-hydrogen) atoms. The van der Waals surface area contributed by atoms with Crippen LogP contribution in [0.15, 0.2) is 47.8 Å². The van der Waals surface area contributed by atoms with Gasteiger partial charge in [0.25, 0.3) is 0 Å².